The standard InChI is InChI=1S/C20H21N3O2S/c1-15(25-17-12-6-3-7-13-17)19(24)21-20-23-22-18(26-20)14-8-11-16-9-4-2-5-10-16/h2-7,9-10,12-13,15H,8,11,14H2,1H3,(H,21,23,24). The molecule has 5 nitrogen and oxygen atoms in total. The molecular weight excluding hydrogens is 346 g/mol. The van der Waals surface area contributed by atoms with Crippen LogP contribution in [0.4, 0.5) is 5.13 Å². The third-order valence-electron chi connectivity index (χ3n) is 3.82. The molecule has 1 heterocycles. The third-order valence-corrected chi connectivity index (χ3v) is 4.72. The molecule has 0 spiro atoms. The second kappa shape index (κ2) is 9.10. The summed E-state index contributed by atoms with van der Waals surface area (Å²) < 4.78 is 5.61. The smallest absolute Gasteiger partial charge is 0.266 e. The average Bonchev–Trinajstić information content (AvgIpc) is 3.10. The van der Waals surface area contributed by atoms with Crippen LogP contribution in [0.5, 0.6) is 5.75 Å². The molecule has 0 fully saturated rings. The molecule has 0 saturated heterocycles. The minimum Gasteiger partial charge on any atom is -0.481 e. The number of aryl methyl sites for hydroxylation is 2. The molecule has 0 bridgehead atoms. The molecular formula is C20H21N3O2S. The second-order valence-corrected chi connectivity index (χ2v) is 6.96. The molecule has 3 aromatic rings. The quantitative estimate of drug-likeness (QED) is 0.650. The highest BCUT2D eigenvalue weighted by atomic mass is 32.1. The van der Waals surface area contributed by atoms with E-state index in [2.05, 4.69) is 27.6 Å². The summed E-state index contributed by atoms with van der Waals surface area (Å²) in [4.78, 5) is 12.2. The Kier molecular flexibility index (Phi) is 6.33. The highest BCUT2D eigenvalue weighted by Gasteiger charge is 2.16. The average molecular weight is 367 g/mol. The van der Waals surface area contributed by atoms with Gasteiger partial charge in [-0.25, -0.2) is 0 Å². The molecule has 3 rings (SSSR count). The van der Waals surface area contributed by atoms with Gasteiger partial charge in [0.1, 0.15) is 10.8 Å². The summed E-state index contributed by atoms with van der Waals surface area (Å²) in [6.07, 6.45) is 2.24. The minimum absolute atomic E-state index is 0.235. The lowest BCUT2D eigenvalue weighted by atomic mass is 10.1. The number of para-hydroxylation sites is 1. The van der Waals surface area contributed by atoms with Crippen molar-refractivity contribution in [2.75, 3.05) is 5.32 Å². The van der Waals surface area contributed by atoms with Gasteiger partial charge in [-0.1, -0.05) is 59.9 Å². The summed E-state index contributed by atoms with van der Waals surface area (Å²) in [7, 11) is 0. The molecule has 1 unspecified atom stereocenters. The highest BCUT2D eigenvalue weighted by Crippen LogP contribution is 2.18. The van der Waals surface area contributed by atoms with Crippen molar-refractivity contribution in [3.8, 4) is 5.75 Å². The van der Waals surface area contributed by atoms with E-state index < -0.39 is 6.10 Å². The van der Waals surface area contributed by atoms with Gasteiger partial charge in [-0.3, -0.25) is 10.1 Å². The zero-order valence-corrected chi connectivity index (χ0v) is 15.4. The summed E-state index contributed by atoms with van der Waals surface area (Å²) in [6.45, 7) is 1.71. The van der Waals surface area contributed by atoms with Gasteiger partial charge in [-0.2, -0.15) is 0 Å². The first kappa shape index (κ1) is 18.1. The lowest BCUT2D eigenvalue weighted by Crippen LogP contribution is -2.30. The Balaban J connectivity index is 1.46. The minimum atomic E-state index is -0.608. The Labute approximate surface area is 157 Å². The Morgan fingerprint density at radius 1 is 1.04 bits per heavy atom. The fourth-order valence-electron chi connectivity index (χ4n) is 2.46. The number of nitrogens with zero attached hydrogens (tertiary/aromatic N) is 2. The largest absolute Gasteiger partial charge is 0.481 e. The molecule has 0 aliphatic carbocycles. The Morgan fingerprint density at radius 2 is 1.73 bits per heavy atom. The van der Waals surface area contributed by atoms with Crippen molar-refractivity contribution in [2.45, 2.75) is 32.3 Å². The van der Waals surface area contributed by atoms with E-state index in [1.807, 2.05) is 48.5 Å². The first-order chi connectivity index (χ1) is 12.7. The second-order valence-electron chi connectivity index (χ2n) is 5.90. The first-order valence-electron chi connectivity index (χ1n) is 8.59. The number of hydrogen-bond acceptors (Lipinski definition) is 5. The van der Waals surface area contributed by atoms with E-state index in [1.54, 1.807) is 6.92 Å². The van der Waals surface area contributed by atoms with Crippen molar-refractivity contribution in [3.05, 3.63) is 71.2 Å². The molecule has 134 valence electrons. The van der Waals surface area contributed by atoms with Crippen molar-refractivity contribution in [3.63, 3.8) is 0 Å². The van der Waals surface area contributed by atoms with Gasteiger partial charge in [-0.15, -0.1) is 10.2 Å². The molecule has 1 atom stereocenters. The van der Waals surface area contributed by atoms with E-state index in [0.29, 0.717) is 10.9 Å². The number of ether oxygens (including phenoxy) is 1. The van der Waals surface area contributed by atoms with Crippen LogP contribution in [0.3, 0.4) is 0 Å². The van der Waals surface area contributed by atoms with E-state index in [9.17, 15) is 4.79 Å². The fraction of sp³-hybridized carbons (Fsp3) is 0.250. The van der Waals surface area contributed by atoms with E-state index >= 15 is 0 Å². The third kappa shape index (κ3) is 5.39. The van der Waals surface area contributed by atoms with Gasteiger partial charge in [0.05, 0.1) is 0 Å². The van der Waals surface area contributed by atoms with E-state index in [0.717, 1.165) is 24.3 Å². The molecule has 0 saturated carbocycles. The zero-order valence-electron chi connectivity index (χ0n) is 14.6. The normalized spacial score (nSPS) is 11.7. The van der Waals surface area contributed by atoms with Crippen LogP contribution in [-0.4, -0.2) is 22.2 Å². The van der Waals surface area contributed by atoms with Gasteiger partial charge in [0.2, 0.25) is 5.13 Å². The lowest BCUT2D eigenvalue weighted by Gasteiger charge is -2.13. The van der Waals surface area contributed by atoms with Crippen LogP contribution < -0.4 is 10.1 Å². The predicted molar refractivity (Wildman–Crippen MR) is 104 cm³/mol. The molecule has 26 heavy (non-hydrogen) atoms. The Hall–Kier alpha value is -2.73. The van der Waals surface area contributed by atoms with Crippen LogP contribution in [-0.2, 0) is 17.6 Å². The SMILES string of the molecule is CC(Oc1ccccc1)C(=O)Nc1nnc(CCCc2ccccc2)s1. The summed E-state index contributed by atoms with van der Waals surface area (Å²) in [5.74, 6) is 0.426. The highest BCUT2D eigenvalue weighted by molar-refractivity contribution is 7.15. The van der Waals surface area contributed by atoms with Crippen molar-refractivity contribution in [1.82, 2.24) is 10.2 Å². The summed E-state index contributed by atoms with van der Waals surface area (Å²) >= 11 is 1.41. The number of carbonyl (C=O) groups excluding carboxylic acids is 1. The van der Waals surface area contributed by atoms with Crippen LogP contribution in [0, 0.1) is 0 Å². The lowest BCUT2D eigenvalue weighted by molar-refractivity contribution is -0.122. The van der Waals surface area contributed by atoms with Crippen molar-refractivity contribution >= 4 is 22.4 Å². The molecule has 1 aromatic heterocycles. The van der Waals surface area contributed by atoms with Crippen LogP contribution in [0.2, 0.25) is 0 Å². The summed E-state index contributed by atoms with van der Waals surface area (Å²) in [5, 5.41) is 12.4. The van der Waals surface area contributed by atoms with Crippen LogP contribution >= 0.6 is 11.3 Å². The maximum absolute atomic E-state index is 12.2. The summed E-state index contributed by atoms with van der Waals surface area (Å²) in [5.41, 5.74) is 1.32. The van der Waals surface area contributed by atoms with Crippen LogP contribution in [0.15, 0.2) is 60.7 Å². The summed E-state index contributed by atoms with van der Waals surface area (Å²) in [6, 6.07) is 19.6. The van der Waals surface area contributed by atoms with Gasteiger partial charge >= 0.3 is 0 Å². The molecule has 0 aliphatic heterocycles. The van der Waals surface area contributed by atoms with Gasteiger partial charge in [0.15, 0.2) is 6.10 Å². The number of rotatable bonds is 8. The number of anilines is 1. The Bertz CT molecular complexity index is 821. The predicted octanol–water partition coefficient (Wildman–Crippen LogP) is 4.12. The molecule has 0 radical (unpaired) electrons. The zero-order chi connectivity index (χ0) is 18.2. The molecule has 1 N–H and O–H groups in total. The van der Waals surface area contributed by atoms with Gasteiger partial charge in [0.25, 0.3) is 5.91 Å². The Morgan fingerprint density at radius 3 is 2.46 bits per heavy atom. The molecule has 6 heteroatoms. The monoisotopic (exact) mass is 367 g/mol. The number of benzene rings is 2. The van der Waals surface area contributed by atoms with Crippen molar-refractivity contribution < 1.29 is 9.53 Å². The number of aromatic nitrogens is 2. The van der Waals surface area contributed by atoms with E-state index in [1.165, 1.54) is 16.9 Å². The van der Waals surface area contributed by atoms with Crippen LogP contribution in [0.25, 0.3) is 0 Å². The van der Waals surface area contributed by atoms with Gasteiger partial charge < -0.3 is 4.74 Å². The van der Waals surface area contributed by atoms with Gasteiger partial charge in [-0.05, 0) is 37.5 Å². The maximum Gasteiger partial charge on any atom is 0.266 e. The van der Waals surface area contributed by atoms with Gasteiger partial charge in [0, 0.05) is 6.42 Å². The topological polar surface area (TPSA) is 64.1 Å². The van der Waals surface area contributed by atoms with Crippen molar-refractivity contribution in [1.29, 1.82) is 0 Å². The fourth-order valence-corrected chi connectivity index (χ4v) is 3.24. The number of hydrogen-bond donors (Lipinski definition) is 1. The molecule has 0 aliphatic rings. The maximum atomic E-state index is 12.2. The number of carbonyl (C=O) groups is 1. The molecule has 2 aromatic carbocycles. The number of amides is 1. The van der Waals surface area contributed by atoms with E-state index in [4.69, 9.17) is 4.74 Å². The first-order valence-corrected chi connectivity index (χ1v) is 9.41. The van der Waals surface area contributed by atoms with Crippen LogP contribution in [0.1, 0.15) is 23.9 Å². The van der Waals surface area contributed by atoms with E-state index in [-0.39, 0.29) is 5.91 Å². The number of nitrogens with one attached hydrogen (secondary N) is 1. The molecule has 1 amide bonds. The van der Waals surface area contributed by atoms with Crippen molar-refractivity contribution in [2.24, 2.45) is 0 Å².